The third-order valence-corrected chi connectivity index (χ3v) is 2.95. The van der Waals surface area contributed by atoms with E-state index in [4.69, 9.17) is 15.6 Å². The summed E-state index contributed by atoms with van der Waals surface area (Å²) in [6, 6.07) is -0.512. The van der Waals surface area contributed by atoms with Crippen molar-refractivity contribution in [3.05, 3.63) is 0 Å². The molecule has 1 aliphatic rings. The Balaban J connectivity index is 2.25. The van der Waals surface area contributed by atoms with Gasteiger partial charge in [-0.05, 0) is 25.2 Å². The summed E-state index contributed by atoms with van der Waals surface area (Å²) in [6.07, 6.45) is 0.817. The fraction of sp³-hybridized carbons (Fsp3) is 0.833. The van der Waals surface area contributed by atoms with Gasteiger partial charge in [-0.1, -0.05) is 13.8 Å². The highest BCUT2D eigenvalue weighted by atomic mass is 16.5. The fourth-order valence-corrected chi connectivity index (χ4v) is 2.00. The van der Waals surface area contributed by atoms with Crippen molar-refractivity contribution < 1.29 is 19.4 Å². The van der Waals surface area contributed by atoms with E-state index < -0.39 is 18.1 Å². The van der Waals surface area contributed by atoms with E-state index in [1.54, 1.807) is 0 Å². The summed E-state index contributed by atoms with van der Waals surface area (Å²) in [7, 11) is 0. The van der Waals surface area contributed by atoms with Crippen LogP contribution in [0.3, 0.4) is 0 Å². The molecule has 0 aromatic carbocycles. The molecule has 1 fully saturated rings. The lowest BCUT2D eigenvalue weighted by Gasteiger charge is -2.16. The molecule has 0 aromatic rings. The summed E-state index contributed by atoms with van der Waals surface area (Å²) >= 11 is 0. The number of hydrogen-bond acceptors (Lipinski definition) is 4. The maximum absolute atomic E-state index is 11.6. The van der Waals surface area contributed by atoms with Gasteiger partial charge in [0, 0.05) is 6.54 Å². The predicted molar refractivity (Wildman–Crippen MR) is 66.0 cm³/mol. The normalized spacial score (nSPS) is 25.1. The van der Waals surface area contributed by atoms with Gasteiger partial charge in [-0.25, -0.2) is 4.79 Å². The first kappa shape index (κ1) is 14.9. The van der Waals surface area contributed by atoms with E-state index in [0.717, 1.165) is 0 Å². The first-order chi connectivity index (χ1) is 8.40. The number of aliphatic carboxylic acids is 1. The minimum Gasteiger partial charge on any atom is -0.479 e. The molecule has 0 bridgehead atoms. The maximum atomic E-state index is 11.6. The van der Waals surface area contributed by atoms with Crippen LogP contribution in [-0.2, 0) is 14.3 Å². The van der Waals surface area contributed by atoms with Crippen LogP contribution in [0.4, 0.5) is 0 Å². The van der Waals surface area contributed by atoms with Crippen LogP contribution in [0, 0.1) is 5.92 Å². The van der Waals surface area contributed by atoms with Gasteiger partial charge < -0.3 is 20.9 Å². The van der Waals surface area contributed by atoms with Gasteiger partial charge in [0.15, 0.2) is 6.10 Å². The summed E-state index contributed by atoms with van der Waals surface area (Å²) in [6.45, 7) is 4.34. The number of nitrogens with two attached hydrogens (primary N) is 1. The summed E-state index contributed by atoms with van der Waals surface area (Å²) in [5, 5.41) is 11.5. The second kappa shape index (κ2) is 6.70. The Morgan fingerprint density at radius 1 is 1.44 bits per heavy atom. The molecule has 104 valence electrons. The minimum absolute atomic E-state index is 0.203. The topological polar surface area (TPSA) is 102 Å². The molecule has 1 amide bonds. The molecule has 0 radical (unpaired) electrons. The van der Waals surface area contributed by atoms with Crippen molar-refractivity contribution >= 4 is 11.9 Å². The zero-order valence-corrected chi connectivity index (χ0v) is 10.9. The lowest BCUT2D eigenvalue weighted by Crippen LogP contribution is -2.44. The van der Waals surface area contributed by atoms with Crippen molar-refractivity contribution in [2.45, 2.75) is 51.4 Å². The number of carbonyl (C=O) groups excluding carboxylic acids is 1. The molecule has 1 heterocycles. The van der Waals surface area contributed by atoms with E-state index >= 15 is 0 Å². The van der Waals surface area contributed by atoms with Gasteiger partial charge in [0.25, 0.3) is 0 Å². The largest absolute Gasteiger partial charge is 0.479 e. The summed E-state index contributed by atoms with van der Waals surface area (Å²) in [5.74, 6) is -0.781. The van der Waals surface area contributed by atoms with Gasteiger partial charge in [0.05, 0.1) is 12.1 Å². The summed E-state index contributed by atoms with van der Waals surface area (Å²) in [5.41, 5.74) is 5.73. The van der Waals surface area contributed by atoms with Crippen molar-refractivity contribution in [1.29, 1.82) is 0 Å². The Morgan fingerprint density at radius 3 is 2.61 bits per heavy atom. The minimum atomic E-state index is -0.944. The Morgan fingerprint density at radius 2 is 2.11 bits per heavy atom. The first-order valence-corrected chi connectivity index (χ1v) is 6.31. The molecule has 1 aliphatic heterocycles. The zero-order valence-electron chi connectivity index (χ0n) is 10.9. The molecule has 0 aliphatic carbocycles. The fourth-order valence-electron chi connectivity index (χ4n) is 2.00. The Bertz CT molecular complexity index is 306. The number of hydrogen-bond donors (Lipinski definition) is 3. The number of ether oxygens (including phenoxy) is 1. The number of carboxylic acid groups (broad SMARTS) is 1. The van der Waals surface area contributed by atoms with Crippen LogP contribution < -0.4 is 11.1 Å². The van der Waals surface area contributed by atoms with Crippen molar-refractivity contribution in [3.63, 3.8) is 0 Å². The summed E-state index contributed by atoms with van der Waals surface area (Å²) < 4.78 is 5.28. The van der Waals surface area contributed by atoms with Gasteiger partial charge in [0.1, 0.15) is 0 Å². The summed E-state index contributed by atoms with van der Waals surface area (Å²) in [4.78, 5) is 22.3. The number of rotatable bonds is 6. The zero-order chi connectivity index (χ0) is 13.7. The molecule has 0 spiro atoms. The standard InChI is InChI=1S/C12H22N2O4/c1-7(2)5-9(13)11(15)14-6-8-3-4-10(18-8)12(16)17/h7-10H,3-6,13H2,1-2H3,(H,14,15)(H,16,17). The van der Waals surface area contributed by atoms with Crippen LogP contribution in [0.1, 0.15) is 33.1 Å². The number of nitrogens with one attached hydrogen (secondary N) is 1. The molecule has 4 N–H and O–H groups in total. The molecule has 3 unspecified atom stereocenters. The van der Waals surface area contributed by atoms with Crippen LogP contribution in [0.2, 0.25) is 0 Å². The highest BCUT2D eigenvalue weighted by molar-refractivity contribution is 5.81. The van der Waals surface area contributed by atoms with E-state index in [9.17, 15) is 9.59 Å². The molecule has 1 rings (SSSR count). The quantitative estimate of drug-likeness (QED) is 0.627. The van der Waals surface area contributed by atoms with E-state index in [1.165, 1.54) is 0 Å². The van der Waals surface area contributed by atoms with Gasteiger partial charge in [-0.3, -0.25) is 4.79 Å². The molecular formula is C12H22N2O4. The Labute approximate surface area is 107 Å². The predicted octanol–water partition coefficient (Wildman–Crippen LogP) is 0.108. The first-order valence-electron chi connectivity index (χ1n) is 6.31. The van der Waals surface area contributed by atoms with Gasteiger partial charge >= 0.3 is 5.97 Å². The lowest BCUT2D eigenvalue weighted by atomic mass is 10.0. The SMILES string of the molecule is CC(C)CC(N)C(=O)NCC1CCC(C(=O)O)O1. The monoisotopic (exact) mass is 258 g/mol. The van der Waals surface area contributed by atoms with Crippen molar-refractivity contribution in [1.82, 2.24) is 5.32 Å². The third-order valence-electron chi connectivity index (χ3n) is 2.95. The molecule has 3 atom stereocenters. The van der Waals surface area contributed by atoms with Gasteiger partial charge in [-0.2, -0.15) is 0 Å². The van der Waals surface area contributed by atoms with Crippen LogP contribution in [0.25, 0.3) is 0 Å². The highest BCUT2D eigenvalue weighted by Gasteiger charge is 2.30. The number of carboxylic acids is 1. The highest BCUT2D eigenvalue weighted by Crippen LogP contribution is 2.19. The average Bonchev–Trinajstić information content (AvgIpc) is 2.73. The Kier molecular flexibility index (Phi) is 5.55. The number of amides is 1. The van der Waals surface area contributed by atoms with E-state index in [-0.39, 0.29) is 12.0 Å². The van der Waals surface area contributed by atoms with Crippen LogP contribution in [0.5, 0.6) is 0 Å². The average molecular weight is 258 g/mol. The van der Waals surface area contributed by atoms with Gasteiger partial charge in [-0.15, -0.1) is 0 Å². The molecule has 6 nitrogen and oxygen atoms in total. The molecule has 0 aromatic heterocycles. The Hall–Kier alpha value is -1.14. The molecule has 0 saturated carbocycles. The maximum Gasteiger partial charge on any atom is 0.332 e. The molecule has 6 heteroatoms. The van der Waals surface area contributed by atoms with Crippen LogP contribution in [0.15, 0.2) is 0 Å². The second-order valence-electron chi connectivity index (χ2n) is 5.14. The van der Waals surface area contributed by atoms with Gasteiger partial charge in [0.2, 0.25) is 5.91 Å². The third kappa shape index (κ3) is 4.62. The van der Waals surface area contributed by atoms with Crippen LogP contribution >= 0.6 is 0 Å². The van der Waals surface area contributed by atoms with Crippen molar-refractivity contribution in [2.75, 3.05) is 6.54 Å². The van der Waals surface area contributed by atoms with E-state index in [0.29, 0.717) is 31.7 Å². The number of carbonyl (C=O) groups is 2. The smallest absolute Gasteiger partial charge is 0.332 e. The van der Waals surface area contributed by atoms with Crippen LogP contribution in [-0.4, -0.2) is 41.8 Å². The van der Waals surface area contributed by atoms with Crippen molar-refractivity contribution in [3.8, 4) is 0 Å². The van der Waals surface area contributed by atoms with Crippen molar-refractivity contribution in [2.24, 2.45) is 11.7 Å². The second-order valence-corrected chi connectivity index (χ2v) is 5.14. The van der Waals surface area contributed by atoms with E-state index in [2.05, 4.69) is 5.32 Å². The molecule has 1 saturated heterocycles. The van der Waals surface area contributed by atoms with E-state index in [1.807, 2.05) is 13.8 Å². The molecular weight excluding hydrogens is 236 g/mol. The molecule has 18 heavy (non-hydrogen) atoms. The lowest BCUT2D eigenvalue weighted by molar-refractivity contribution is -0.149.